The lowest BCUT2D eigenvalue weighted by atomic mass is 10.2. The lowest BCUT2D eigenvalue weighted by molar-refractivity contribution is -0.114. The third-order valence-corrected chi connectivity index (χ3v) is 4.43. The van der Waals surface area contributed by atoms with Gasteiger partial charge in [-0.2, -0.15) is 0 Å². The molecule has 5 heteroatoms. The second-order valence-corrected chi connectivity index (χ2v) is 6.06. The first-order valence-electron chi connectivity index (χ1n) is 6.57. The van der Waals surface area contributed by atoms with Crippen LogP contribution in [0.5, 0.6) is 0 Å². The molecule has 0 unspecified atom stereocenters. The van der Waals surface area contributed by atoms with E-state index in [4.69, 9.17) is 11.6 Å². The van der Waals surface area contributed by atoms with Gasteiger partial charge < -0.3 is 10.6 Å². The van der Waals surface area contributed by atoms with Crippen LogP contribution >= 0.6 is 23.4 Å². The van der Waals surface area contributed by atoms with Crippen LogP contribution in [0, 0.1) is 0 Å². The summed E-state index contributed by atoms with van der Waals surface area (Å²) in [5, 5.41) is 6.65. The Morgan fingerprint density at radius 3 is 2.52 bits per heavy atom. The summed E-state index contributed by atoms with van der Waals surface area (Å²) >= 11 is 7.93. The number of amides is 1. The standard InChI is InChI=1S/C16H17ClN2OS/c1-11(20)19-13-6-8-14(9-7-13)21-16-12(10-18-2)4-3-5-15(16)17/h3-9,18H,10H2,1-2H3,(H,19,20). The molecule has 0 saturated carbocycles. The van der Waals surface area contributed by atoms with Crippen molar-refractivity contribution in [2.45, 2.75) is 23.3 Å². The molecule has 0 aromatic heterocycles. The smallest absolute Gasteiger partial charge is 0.221 e. The van der Waals surface area contributed by atoms with Gasteiger partial charge in [-0.05, 0) is 42.9 Å². The van der Waals surface area contributed by atoms with Gasteiger partial charge in [-0.15, -0.1) is 0 Å². The molecule has 2 rings (SSSR count). The number of nitrogens with one attached hydrogen (secondary N) is 2. The number of carbonyl (C=O) groups is 1. The Morgan fingerprint density at radius 2 is 1.90 bits per heavy atom. The Kier molecular flexibility index (Phi) is 5.67. The molecule has 0 radical (unpaired) electrons. The topological polar surface area (TPSA) is 41.1 Å². The summed E-state index contributed by atoms with van der Waals surface area (Å²) in [6.45, 7) is 2.27. The van der Waals surface area contributed by atoms with E-state index >= 15 is 0 Å². The van der Waals surface area contributed by atoms with E-state index in [1.54, 1.807) is 11.8 Å². The Hall–Kier alpha value is -1.49. The molecule has 21 heavy (non-hydrogen) atoms. The highest BCUT2D eigenvalue weighted by atomic mass is 35.5. The Labute approximate surface area is 134 Å². The molecule has 2 aromatic rings. The van der Waals surface area contributed by atoms with Crippen LogP contribution in [0.2, 0.25) is 5.02 Å². The quantitative estimate of drug-likeness (QED) is 0.868. The maximum Gasteiger partial charge on any atom is 0.221 e. The average molecular weight is 321 g/mol. The third-order valence-electron chi connectivity index (χ3n) is 2.81. The minimum Gasteiger partial charge on any atom is -0.326 e. The minimum atomic E-state index is -0.0715. The molecule has 0 aliphatic carbocycles. The molecule has 0 heterocycles. The Morgan fingerprint density at radius 1 is 1.19 bits per heavy atom. The molecular formula is C16H17ClN2OS. The van der Waals surface area contributed by atoms with E-state index in [1.807, 2.05) is 43.4 Å². The normalized spacial score (nSPS) is 10.4. The monoisotopic (exact) mass is 320 g/mol. The SMILES string of the molecule is CNCc1cccc(Cl)c1Sc1ccc(NC(C)=O)cc1. The van der Waals surface area contributed by atoms with E-state index in [9.17, 15) is 4.79 Å². The summed E-state index contributed by atoms with van der Waals surface area (Å²) < 4.78 is 0. The number of anilines is 1. The summed E-state index contributed by atoms with van der Waals surface area (Å²) in [5.41, 5.74) is 1.96. The summed E-state index contributed by atoms with van der Waals surface area (Å²) in [6.07, 6.45) is 0. The molecule has 0 bridgehead atoms. The fourth-order valence-corrected chi connectivity index (χ4v) is 3.18. The van der Waals surface area contributed by atoms with Crippen LogP contribution in [0.3, 0.4) is 0 Å². The van der Waals surface area contributed by atoms with Gasteiger partial charge >= 0.3 is 0 Å². The molecule has 0 fully saturated rings. The fraction of sp³-hybridized carbons (Fsp3) is 0.188. The van der Waals surface area contributed by atoms with Gasteiger partial charge in [0.2, 0.25) is 5.91 Å². The molecule has 0 saturated heterocycles. The molecule has 0 spiro atoms. The first kappa shape index (κ1) is 15.9. The molecule has 0 aliphatic heterocycles. The van der Waals surface area contributed by atoms with E-state index in [0.29, 0.717) is 0 Å². The third kappa shape index (κ3) is 4.49. The summed E-state index contributed by atoms with van der Waals surface area (Å²) in [7, 11) is 1.91. The first-order chi connectivity index (χ1) is 10.1. The predicted molar refractivity (Wildman–Crippen MR) is 89.1 cm³/mol. The first-order valence-corrected chi connectivity index (χ1v) is 7.77. The molecule has 0 atom stereocenters. The zero-order valence-corrected chi connectivity index (χ0v) is 13.5. The zero-order valence-electron chi connectivity index (χ0n) is 11.9. The van der Waals surface area contributed by atoms with Crippen LogP contribution in [0.25, 0.3) is 0 Å². The van der Waals surface area contributed by atoms with Gasteiger partial charge in [0.25, 0.3) is 0 Å². The Balaban J connectivity index is 2.20. The van der Waals surface area contributed by atoms with Crippen LogP contribution in [0.4, 0.5) is 5.69 Å². The van der Waals surface area contributed by atoms with Gasteiger partial charge in [-0.25, -0.2) is 0 Å². The van der Waals surface area contributed by atoms with E-state index in [-0.39, 0.29) is 5.91 Å². The minimum absolute atomic E-state index is 0.0715. The van der Waals surface area contributed by atoms with Gasteiger partial charge in [-0.1, -0.05) is 35.5 Å². The van der Waals surface area contributed by atoms with Crippen molar-refractivity contribution in [2.75, 3.05) is 12.4 Å². The lowest BCUT2D eigenvalue weighted by Gasteiger charge is -2.11. The zero-order chi connectivity index (χ0) is 15.2. The molecule has 0 aliphatic rings. The van der Waals surface area contributed by atoms with Crippen molar-refractivity contribution in [1.82, 2.24) is 5.32 Å². The van der Waals surface area contributed by atoms with Crippen LogP contribution < -0.4 is 10.6 Å². The van der Waals surface area contributed by atoms with Crippen molar-refractivity contribution in [3.05, 3.63) is 53.1 Å². The number of hydrogen-bond acceptors (Lipinski definition) is 3. The number of benzene rings is 2. The van der Waals surface area contributed by atoms with Crippen LogP contribution in [-0.2, 0) is 11.3 Å². The molecule has 2 N–H and O–H groups in total. The highest BCUT2D eigenvalue weighted by Gasteiger charge is 2.08. The molecule has 110 valence electrons. The summed E-state index contributed by atoms with van der Waals surface area (Å²) in [4.78, 5) is 13.1. The second kappa shape index (κ2) is 7.50. The predicted octanol–water partition coefficient (Wildman–Crippen LogP) is 4.17. The van der Waals surface area contributed by atoms with Gasteiger partial charge in [0.1, 0.15) is 0 Å². The summed E-state index contributed by atoms with van der Waals surface area (Å²) in [6, 6.07) is 13.6. The van der Waals surface area contributed by atoms with Gasteiger partial charge in [0.05, 0.1) is 5.02 Å². The highest BCUT2D eigenvalue weighted by Crippen LogP contribution is 2.36. The van der Waals surface area contributed by atoms with E-state index in [1.165, 1.54) is 12.5 Å². The van der Waals surface area contributed by atoms with Crippen molar-refractivity contribution in [3.63, 3.8) is 0 Å². The lowest BCUT2D eigenvalue weighted by Crippen LogP contribution is -2.06. The molecule has 3 nitrogen and oxygen atoms in total. The van der Waals surface area contributed by atoms with Crippen LogP contribution in [0.1, 0.15) is 12.5 Å². The van der Waals surface area contributed by atoms with Crippen LogP contribution in [-0.4, -0.2) is 13.0 Å². The van der Waals surface area contributed by atoms with Gasteiger partial charge in [0, 0.05) is 28.9 Å². The second-order valence-electron chi connectivity index (χ2n) is 4.57. The van der Waals surface area contributed by atoms with E-state index in [2.05, 4.69) is 16.7 Å². The molecule has 2 aromatic carbocycles. The highest BCUT2D eigenvalue weighted by molar-refractivity contribution is 7.99. The van der Waals surface area contributed by atoms with Gasteiger partial charge in [0.15, 0.2) is 0 Å². The maximum atomic E-state index is 11.0. The van der Waals surface area contributed by atoms with E-state index < -0.39 is 0 Å². The summed E-state index contributed by atoms with van der Waals surface area (Å²) in [5.74, 6) is -0.0715. The number of carbonyl (C=O) groups excluding carboxylic acids is 1. The van der Waals surface area contributed by atoms with Crippen LogP contribution in [0.15, 0.2) is 52.3 Å². The van der Waals surface area contributed by atoms with Crippen molar-refractivity contribution in [1.29, 1.82) is 0 Å². The maximum absolute atomic E-state index is 11.0. The van der Waals surface area contributed by atoms with Crippen molar-refractivity contribution < 1.29 is 4.79 Å². The average Bonchev–Trinajstić information content (AvgIpc) is 2.44. The van der Waals surface area contributed by atoms with E-state index in [0.717, 1.165) is 27.0 Å². The largest absolute Gasteiger partial charge is 0.326 e. The van der Waals surface area contributed by atoms with Gasteiger partial charge in [-0.3, -0.25) is 4.79 Å². The van der Waals surface area contributed by atoms with Crippen molar-refractivity contribution >= 4 is 35.0 Å². The molecular weight excluding hydrogens is 304 g/mol. The number of hydrogen-bond donors (Lipinski definition) is 2. The number of halogens is 1. The fourth-order valence-electron chi connectivity index (χ4n) is 1.92. The Bertz CT molecular complexity index is 629. The van der Waals surface area contributed by atoms with Crippen molar-refractivity contribution in [2.24, 2.45) is 0 Å². The number of rotatable bonds is 5. The van der Waals surface area contributed by atoms with Crippen molar-refractivity contribution in [3.8, 4) is 0 Å². The molecule has 1 amide bonds.